The number of nitrogens with zero attached hydrogens (tertiary/aromatic N) is 5. The van der Waals surface area contributed by atoms with Gasteiger partial charge in [-0.1, -0.05) is 18.2 Å². The number of carbonyl (C=O) groups is 2. The molecule has 1 amide bonds. The number of para-hydroxylation sites is 1. The monoisotopic (exact) mass is 421 g/mol. The van der Waals surface area contributed by atoms with E-state index in [9.17, 15) is 9.59 Å². The van der Waals surface area contributed by atoms with E-state index in [2.05, 4.69) is 15.0 Å². The van der Waals surface area contributed by atoms with Gasteiger partial charge in [0.15, 0.2) is 0 Å². The van der Waals surface area contributed by atoms with Gasteiger partial charge >= 0.3 is 5.97 Å². The molecule has 0 aliphatic carbocycles. The first-order valence-corrected chi connectivity index (χ1v) is 10.6. The van der Waals surface area contributed by atoms with Crippen LogP contribution in [0.5, 0.6) is 0 Å². The molecule has 1 saturated heterocycles. The minimum absolute atomic E-state index is 0.00420. The van der Waals surface area contributed by atoms with E-state index in [4.69, 9.17) is 4.74 Å². The van der Waals surface area contributed by atoms with E-state index in [1.807, 2.05) is 47.4 Å². The molecular formula is C23H27N5O3. The maximum Gasteiger partial charge on any atom is 0.354 e. The van der Waals surface area contributed by atoms with Crippen LogP contribution in [0, 0.1) is 0 Å². The minimum Gasteiger partial charge on any atom is -0.461 e. The molecule has 31 heavy (non-hydrogen) atoms. The second kappa shape index (κ2) is 9.70. The summed E-state index contributed by atoms with van der Waals surface area (Å²) in [6.45, 7) is 5.79. The molecule has 162 valence electrons. The Morgan fingerprint density at radius 3 is 2.42 bits per heavy atom. The van der Waals surface area contributed by atoms with Crippen molar-refractivity contribution in [2.75, 3.05) is 37.8 Å². The predicted octanol–water partition coefficient (Wildman–Crippen LogP) is 1.92. The third kappa shape index (κ3) is 4.91. The van der Waals surface area contributed by atoms with Gasteiger partial charge in [-0.3, -0.25) is 19.7 Å². The molecule has 0 saturated carbocycles. The topological polar surface area (TPSA) is 78.3 Å². The van der Waals surface area contributed by atoms with Crippen molar-refractivity contribution < 1.29 is 14.3 Å². The summed E-state index contributed by atoms with van der Waals surface area (Å²) < 4.78 is 5.12. The predicted molar refractivity (Wildman–Crippen MR) is 117 cm³/mol. The van der Waals surface area contributed by atoms with Crippen molar-refractivity contribution in [1.82, 2.24) is 14.8 Å². The highest BCUT2D eigenvalue weighted by Gasteiger charge is 2.39. The van der Waals surface area contributed by atoms with Gasteiger partial charge in [-0.15, -0.1) is 0 Å². The number of hydrazone groups is 1. The molecule has 3 heterocycles. The number of hydrogen-bond acceptors (Lipinski definition) is 7. The van der Waals surface area contributed by atoms with E-state index >= 15 is 0 Å². The van der Waals surface area contributed by atoms with Crippen LogP contribution in [0.25, 0.3) is 0 Å². The van der Waals surface area contributed by atoms with Crippen molar-refractivity contribution in [2.45, 2.75) is 25.9 Å². The van der Waals surface area contributed by atoms with E-state index in [1.165, 1.54) is 5.56 Å². The zero-order valence-electron chi connectivity index (χ0n) is 17.7. The molecule has 1 fully saturated rings. The quantitative estimate of drug-likeness (QED) is 0.664. The van der Waals surface area contributed by atoms with Gasteiger partial charge in [0.1, 0.15) is 11.8 Å². The molecule has 8 heteroatoms. The van der Waals surface area contributed by atoms with Crippen LogP contribution >= 0.6 is 0 Å². The van der Waals surface area contributed by atoms with Gasteiger partial charge in [-0.2, -0.15) is 5.10 Å². The highest BCUT2D eigenvalue weighted by atomic mass is 16.5. The van der Waals surface area contributed by atoms with Crippen LogP contribution in [0.3, 0.4) is 0 Å². The molecule has 2 aromatic rings. The molecule has 1 aromatic carbocycles. The lowest BCUT2D eigenvalue weighted by Gasteiger charge is -2.37. The van der Waals surface area contributed by atoms with Crippen molar-refractivity contribution in [3.05, 3.63) is 60.4 Å². The van der Waals surface area contributed by atoms with E-state index in [-0.39, 0.29) is 18.9 Å². The summed E-state index contributed by atoms with van der Waals surface area (Å²) in [7, 11) is 0. The molecule has 1 aromatic heterocycles. The maximum atomic E-state index is 13.4. The number of esters is 1. The molecule has 2 aliphatic heterocycles. The standard InChI is InChI=1S/C23H27N5O3/c1-2-31-23(30)20-16-21(28(25-20)19-6-4-3-5-7-19)22(29)27-14-12-26(13-15-27)17-18-8-10-24-11-9-18/h3-11,21H,2,12-17H2,1H3. The summed E-state index contributed by atoms with van der Waals surface area (Å²) in [6.07, 6.45) is 3.85. The fourth-order valence-electron chi connectivity index (χ4n) is 3.94. The molecule has 0 bridgehead atoms. The van der Waals surface area contributed by atoms with Gasteiger partial charge in [0.2, 0.25) is 5.91 Å². The summed E-state index contributed by atoms with van der Waals surface area (Å²) in [5, 5.41) is 6.12. The highest BCUT2D eigenvalue weighted by Crippen LogP contribution is 2.26. The van der Waals surface area contributed by atoms with Crippen molar-refractivity contribution in [1.29, 1.82) is 0 Å². The van der Waals surface area contributed by atoms with Gasteiger partial charge in [-0.05, 0) is 36.8 Å². The van der Waals surface area contributed by atoms with E-state index in [1.54, 1.807) is 24.3 Å². The zero-order chi connectivity index (χ0) is 21.6. The summed E-state index contributed by atoms with van der Waals surface area (Å²) in [5.41, 5.74) is 2.30. The molecule has 1 unspecified atom stereocenters. The normalized spacial score (nSPS) is 19.3. The molecule has 4 rings (SSSR count). The van der Waals surface area contributed by atoms with Crippen LogP contribution < -0.4 is 5.01 Å². The Hall–Kier alpha value is -3.26. The number of hydrogen-bond donors (Lipinski definition) is 0. The van der Waals surface area contributed by atoms with Crippen molar-refractivity contribution in [3.63, 3.8) is 0 Å². The fraction of sp³-hybridized carbons (Fsp3) is 0.391. The largest absolute Gasteiger partial charge is 0.461 e. The maximum absolute atomic E-state index is 13.4. The molecule has 2 aliphatic rings. The Labute approximate surface area is 182 Å². The van der Waals surface area contributed by atoms with Gasteiger partial charge in [0, 0.05) is 51.5 Å². The second-order valence-corrected chi connectivity index (χ2v) is 7.62. The van der Waals surface area contributed by atoms with Crippen LogP contribution in [0.2, 0.25) is 0 Å². The van der Waals surface area contributed by atoms with Crippen LogP contribution in [0.15, 0.2) is 60.0 Å². The van der Waals surface area contributed by atoms with Crippen molar-refractivity contribution >= 4 is 23.3 Å². The Balaban J connectivity index is 1.42. The van der Waals surface area contributed by atoms with Gasteiger partial charge < -0.3 is 9.64 Å². The summed E-state index contributed by atoms with van der Waals surface area (Å²) in [4.78, 5) is 34.0. The van der Waals surface area contributed by atoms with Gasteiger partial charge in [0.05, 0.1) is 12.3 Å². The van der Waals surface area contributed by atoms with Crippen LogP contribution in [0.1, 0.15) is 18.9 Å². The number of carbonyl (C=O) groups excluding carboxylic acids is 2. The lowest BCUT2D eigenvalue weighted by atomic mass is 10.1. The average molecular weight is 422 g/mol. The molecule has 8 nitrogen and oxygen atoms in total. The Bertz CT molecular complexity index is 927. The number of benzene rings is 1. The van der Waals surface area contributed by atoms with Crippen LogP contribution in [0.4, 0.5) is 5.69 Å². The van der Waals surface area contributed by atoms with Crippen molar-refractivity contribution in [3.8, 4) is 0 Å². The second-order valence-electron chi connectivity index (χ2n) is 7.62. The lowest BCUT2D eigenvalue weighted by Crippen LogP contribution is -2.53. The zero-order valence-corrected chi connectivity index (χ0v) is 17.7. The van der Waals surface area contributed by atoms with Crippen molar-refractivity contribution in [2.24, 2.45) is 5.10 Å². The first kappa shape index (κ1) is 21.0. The Morgan fingerprint density at radius 1 is 1.03 bits per heavy atom. The third-order valence-corrected chi connectivity index (χ3v) is 5.57. The molecule has 0 N–H and O–H groups in total. The minimum atomic E-state index is -0.534. The Morgan fingerprint density at radius 2 is 1.74 bits per heavy atom. The van der Waals surface area contributed by atoms with Gasteiger partial charge in [-0.25, -0.2) is 4.79 Å². The number of anilines is 1. The molecule has 0 radical (unpaired) electrons. The SMILES string of the molecule is CCOC(=O)C1=NN(c2ccccc2)C(C(=O)N2CCN(Cc3ccncc3)CC2)C1. The average Bonchev–Trinajstić information content (AvgIpc) is 3.26. The molecule has 1 atom stereocenters. The first-order chi connectivity index (χ1) is 15.2. The summed E-state index contributed by atoms with van der Waals surface area (Å²) in [5.74, 6) is -0.462. The lowest BCUT2D eigenvalue weighted by molar-refractivity contribution is -0.135. The van der Waals surface area contributed by atoms with Crippen LogP contribution in [-0.4, -0.2) is 71.2 Å². The highest BCUT2D eigenvalue weighted by molar-refractivity contribution is 6.38. The number of aromatic nitrogens is 1. The number of rotatable bonds is 6. The van der Waals surface area contributed by atoms with E-state index in [0.29, 0.717) is 18.8 Å². The van der Waals surface area contributed by atoms with E-state index in [0.717, 1.165) is 25.3 Å². The number of piperazine rings is 1. The number of amides is 1. The smallest absolute Gasteiger partial charge is 0.354 e. The van der Waals surface area contributed by atoms with E-state index < -0.39 is 12.0 Å². The first-order valence-electron chi connectivity index (χ1n) is 10.6. The van der Waals surface area contributed by atoms with Crippen LogP contribution in [-0.2, 0) is 20.9 Å². The van der Waals surface area contributed by atoms with Gasteiger partial charge in [0.25, 0.3) is 0 Å². The summed E-state index contributed by atoms with van der Waals surface area (Å²) in [6, 6.07) is 13.0. The molecular weight excluding hydrogens is 394 g/mol. The number of pyridine rings is 1. The fourth-order valence-corrected chi connectivity index (χ4v) is 3.94. The third-order valence-electron chi connectivity index (χ3n) is 5.57. The Kier molecular flexibility index (Phi) is 6.57. The summed E-state index contributed by atoms with van der Waals surface area (Å²) >= 11 is 0. The number of ether oxygens (including phenoxy) is 1. The molecule has 0 spiro atoms.